The number of thiophene rings is 2. The van der Waals surface area contributed by atoms with E-state index in [1.165, 1.54) is 13.2 Å². The van der Waals surface area contributed by atoms with Gasteiger partial charge in [0.25, 0.3) is 6.43 Å². The summed E-state index contributed by atoms with van der Waals surface area (Å²) in [5.74, 6) is -1.56. The van der Waals surface area contributed by atoms with Crippen LogP contribution >= 0.6 is 22.7 Å². The molecule has 1 N–H and O–H groups in total. The Morgan fingerprint density at radius 1 is 1.18 bits per heavy atom. The Morgan fingerprint density at radius 2 is 1.82 bits per heavy atom. The van der Waals surface area contributed by atoms with Gasteiger partial charge in [0.1, 0.15) is 9.75 Å². The fourth-order valence-corrected chi connectivity index (χ4v) is 2.65. The molecule has 0 atom stereocenters. The summed E-state index contributed by atoms with van der Waals surface area (Å²) in [5.41, 5.74) is 0. The molecule has 0 bridgehead atoms. The Kier molecular flexibility index (Phi) is 6.80. The molecule has 0 fully saturated rings. The Hall–Kier alpha value is -2.13. The molecule has 0 aliphatic carbocycles. The lowest BCUT2D eigenvalue weighted by Gasteiger charge is -1.90. The van der Waals surface area contributed by atoms with E-state index in [0.717, 1.165) is 17.4 Å². The second-order valence-electron chi connectivity index (χ2n) is 3.62. The molecule has 5 nitrogen and oxygen atoms in total. The highest BCUT2D eigenvalue weighted by Crippen LogP contribution is 2.26. The number of carboxylic acid groups (broad SMARTS) is 1. The van der Waals surface area contributed by atoms with E-state index in [0.29, 0.717) is 27.4 Å². The zero-order valence-electron chi connectivity index (χ0n) is 11.1. The van der Waals surface area contributed by atoms with Crippen LogP contribution in [-0.4, -0.2) is 30.4 Å². The van der Waals surface area contributed by atoms with Crippen LogP contribution in [0, 0.1) is 0 Å². The van der Waals surface area contributed by atoms with Gasteiger partial charge in [0, 0.05) is 0 Å². The number of carbonyl (C=O) groups is 3. The first-order valence-corrected chi connectivity index (χ1v) is 7.26. The number of hydrogen-bond acceptors (Lipinski definition) is 6. The van der Waals surface area contributed by atoms with Crippen molar-refractivity contribution in [2.75, 3.05) is 7.11 Å². The fraction of sp³-hybridized carbons (Fsp3) is 0.154. The van der Waals surface area contributed by atoms with Crippen LogP contribution in [0.2, 0.25) is 0 Å². The van der Waals surface area contributed by atoms with E-state index in [9.17, 15) is 23.2 Å². The minimum Gasteiger partial charge on any atom is -0.477 e. The van der Waals surface area contributed by atoms with Gasteiger partial charge in [-0.05, 0) is 24.3 Å². The van der Waals surface area contributed by atoms with E-state index in [1.807, 2.05) is 0 Å². The minimum absolute atomic E-state index is 0.0553. The summed E-state index contributed by atoms with van der Waals surface area (Å²) in [6, 6.07) is 5.46. The van der Waals surface area contributed by atoms with Crippen LogP contribution in [0.3, 0.4) is 0 Å². The smallest absolute Gasteiger partial charge is 0.348 e. The predicted molar refractivity (Wildman–Crippen MR) is 77.3 cm³/mol. The average molecular weight is 348 g/mol. The highest BCUT2D eigenvalue weighted by atomic mass is 32.1. The number of alkyl halides is 2. The van der Waals surface area contributed by atoms with Crippen molar-refractivity contribution < 1.29 is 33.0 Å². The summed E-state index contributed by atoms with van der Waals surface area (Å²) in [6.45, 7) is 0. The maximum atomic E-state index is 11.9. The molecule has 2 rings (SSSR count). The Morgan fingerprint density at radius 3 is 2.18 bits per heavy atom. The summed E-state index contributed by atoms with van der Waals surface area (Å²) >= 11 is 1.72. The third kappa shape index (κ3) is 5.01. The third-order valence-electron chi connectivity index (χ3n) is 2.18. The standard InChI is InChI=1S/C7H6O3S.C6H4F2O2S/c1-10-7(9)6-3-2-5(4-8)11-6;7-5(8)3-1-2-4(11-3)6(9)10/h2-4H,1H3;1-2,5H,(H,9,10). The average Bonchev–Trinajstić information content (AvgIpc) is 3.15. The van der Waals surface area contributed by atoms with E-state index < -0.39 is 18.4 Å². The molecule has 0 spiro atoms. The van der Waals surface area contributed by atoms with E-state index >= 15 is 0 Å². The number of rotatable bonds is 4. The summed E-state index contributed by atoms with van der Waals surface area (Å²) in [6.07, 6.45) is -1.87. The zero-order chi connectivity index (χ0) is 16.7. The highest BCUT2D eigenvalue weighted by molar-refractivity contribution is 7.15. The molecule has 9 heteroatoms. The van der Waals surface area contributed by atoms with Crippen LogP contribution in [-0.2, 0) is 4.74 Å². The van der Waals surface area contributed by atoms with Crippen LogP contribution < -0.4 is 0 Å². The number of carboxylic acids is 1. The predicted octanol–water partition coefficient (Wildman–Crippen LogP) is 3.73. The largest absolute Gasteiger partial charge is 0.477 e. The molecule has 0 saturated heterocycles. The molecule has 2 aromatic rings. The van der Waals surface area contributed by atoms with Crippen LogP contribution in [0.1, 0.15) is 40.3 Å². The van der Waals surface area contributed by atoms with Crippen molar-refractivity contribution in [1.82, 2.24) is 0 Å². The topological polar surface area (TPSA) is 80.7 Å². The van der Waals surface area contributed by atoms with E-state index in [-0.39, 0.29) is 9.75 Å². The molecule has 0 saturated carbocycles. The molecule has 2 aromatic heterocycles. The molecule has 22 heavy (non-hydrogen) atoms. The summed E-state index contributed by atoms with van der Waals surface area (Å²) in [7, 11) is 1.31. The first kappa shape index (κ1) is 17.9. The molecular weight excluding hydrogens is 338 g/mol. The lowest BCUT2D eigenvalue weighted by molar-refractivity contribution is 0.0605. The number of ether oxygens (including phenoxy) is 1. The lowest BCUT2D eigenvalue weighted by Crippen LogP contribution is -1.96. The summed E-state index contributed by atoms with van der Waals surface area (Å²) in [4.78, 5) is 31.9. The number of aromatic carboxylic acids is 1. The maximum Gasteiger partial charge on any atom is 0.348 e. The van der Waals surface area contributed by atoms with Crippen LogP contribution in [0.4, 0.5) is 8.78 Å². The van der Waals surface area contributed by atoms with Gasteiger partial charge in [-0.15, -0.1) is 22.7 Å². The second kappa shape index (κ2) is 8.35. The number of halogens is 2. The maximum absolute atomic E-state index is 11.9. The highest BCUT2D eigenvalue weighted by Gasteiger charge is 2.13. The van der Waals surface area contributed by atoms with Gasteiger partial charge in [0.2, 0.25) is 0 Å². The van der Waals surface area contributed by atoms with E-state index in [1.54, 1.807) is 12.1 Å². The lowest BCUT2D eigenvalue weighted by atomic mass is 10.4. The molecule has 0 aliphatic rings. The number of hydrogen-bond donors (Lipinski definition) is 1. The first-order valence-electron chi connectivity index (χ1n) is 5.63. The molecule has 0 amide bonds. The van der Waals surface area contributed by atoms with Gasteiger partial charge in [0.15, 0.2) is 6.29 Å². The Labute approximate surface area is 131 Å². The van der Waals surface area contributed by atoms with Crippen molar-refractivity contribution in [3.8, 4) is 0 Å². The van der Waals surface area contributed by atoms with Gasteiger partial charge in [-0.2, -0.15) is 0 Å². The van der Waals surface area contributed by atoms with Gasteiger partial charge in [-0.3, -0.25) is 4.79 Å². The van der Waals surface area contributed by atoms with Gasteiger partial charge in [0.05, 0.1) is 16.9 Å². The SMILES string of the molecule is COC(=O)c1ccc(C=O)s1.O=C(O)c1ccc(C(F)F)s1. The number of carbonyl (C=O) groups excluding carboxylic acids is 2. The van der Waals surface area contributed by atoms with Gasteiger partial charge in [-0.1, -0.05) is 0 Å². The molecule has 0 aliphatic heterocycles. The normalized spacial score (nSPS) is 9.82. The molecule has 118 valence electrons. The van der Waals surface area contributed by atoms with Crippen molar-refractivity contribution in [3.05, 3.63) is 43.8 Å². The fourth-order valence-electron chi connectivity index (χ4n) is 1.21. The first-order chi connectivity index (χ1) is 10.4. The van der Waals surface area contributed by atoms with E-state index in [2.05, 4.69) is 4.74 Å². The van der Waals surface area contributed by atoms with Crippen molar-refractivity contribution in [2.24, 2.45) is 0 Å². The molecule has 2 heterocycles. The third-order valence-corrected chi connectivity index (χ3v) is 4.25. The molecule has 0 unspecified atom stereocenters. The monoisotopic (exact) mass is 348 g/mol. The second-order valence-corrected chi connectivity index (χ2v) is 5.85. The molecular formula is C13H10F2O5S2. The van der Waals surface area contributed by atoms with Crippen molar-refractivity contribution in [3.63, 3.8) is 0 Å². The Balaban J connectivity index is 0.000000220. The zero-order valence-corrected chi connectivity index (χ0v) is 12.7. The van der Waals surface area contributed by atoms with Crippen molar-refractivity contribution in [2.45, 2.75) is 6.43 Å². The van der Waals surface area contributed by atoms with Crippen molar-refractivity contribution >= 4 is 40.9 Å². The number of aldehydes is 1. The quantitative estimate of drug-likeness (QED) is 0.672. The Bertz CT molecular complexity index is 663. The summed E-state index contributed by atoms with van der Waals surface area (Å²) in [5, 5.41) is 8.35. The van der Waals surface area contributed by atoms with E-state index in [4.69, 9.17) is 5.11 Å². The van der Waals surface area contributed by atoms with Crippen LogP contribution in [0.5, 0.6) is 0 Å². The van der Waals surface area contributed by atoms with Gasteiger partial charge in [-0.25, -0.2) is 18.4 Å². The van der Waals surface area contributed by atoms with Crippen molar-refractivity contribution in [1.29, 1.82) is 0 Å². The van der Waals surface area contributed by atoms with Gasteiger partial charge >= 0.3 is 11.9 Å². The number of esters is 1. The molecule has 0 aromatic carbocycles. The summed E-state index contributed by atoms with van der Waals surface area (Å²) < 4.78 is 28.2. The van der Waals surface area contributed by atoms with Gasteiger partial charge < -0.3 is 9.84 Å². The number of methoxy groups -OCH3 is 1. The van der Waals surface area contributed by atoms with Crippen LogP contribution in [0.25, 0.3) is 0 Å². The van der Waals surface area contributed by atoms with Crippen LogP contribution in [0.15, 0.2) is 24.3 Å². The molecule has 0 radical (unpaired) electrons. The minimum atomic E-state index is -2.58.